The van der Waals surface area contributed by atoms with Gasteiger partial charge in [-0.2, -0.15) is 23.1 Å². The molecule has 13 heteroatoms. The summed E-state index contributed by atoms with van der Waals surface area (Å²) in [5, 5.41) is 0.127. The van der Waals surface area contributed by atoms with Crippen molar-refractivity contribution in [2.24, 2.45) is 11.3 Å². The van der Waals surface area contributed by atoms with Gasteiger partial charge in [0, 0.05) is 30.8 Å². The van der Waals surface area contributed by atoms with Crippen molar-refractivity contribution in [3.8, 4) is 17.3 Å². The number of hydrogen-bond acceptors (Lipinski definition) is 7. The first-order chi connectivity index (χ1) is 21.8. The highest BCUT2D eigenvalue weighted by Gasteiger charge is 2.67. The van der Waals surface area contributed by atoms with Gasteiger partial charge in [0.15, 0.2) is 5.82 Å². The highest BCUT2D eigenvalue weighted by molar-refractivity contribution is 5.93. The normalized spacial score (nSPS) is 28.5. The summed E-state index contributed by atoms with van der Waals surface area (Å²) in [7, 11) is 0. The zero-order chi connectivity index (χ0) is 32.3. The predicted molar refractivity (Wildman–Crippen MR) is 160 cm³/mol. The number of anilines is 2. The van der Waals surface area contributed by atoms with Crippen molar-refractivity contribution in [3.63, 3.8) is 0 Å². The molecule has 3 saturated heterocycles. The molecule has 1 aromatic carbocycles. The highest BCUT2D eigenvalue weighted by Crippen LogP contribution is 2.66. The standard InChI is InChI=1S/C33H34F6N6O/c1-16-12-32(31(6-7-31)8-10-44(32)14-16)15-46-30-42-27-20(29(43-30)45-9-4-3-5-18-24(35)28(18)45)13-41-26(25(27)36)19-11-21(40)23(34)17(2)22(19)33(37,38)39/h11,13,18,24,28H,1,3-10,12,14-15,40H2,2H3/t18-,24-,28-,32-/m0/s1. The average Bonchev–Trinajstić information content (AvgIpc) is 3.88. The number of benzene rings is 1. The largest absolute Gasteiger partial charge is 0.461 e. The number of fused-ring (bicyclic) bond motifs is 4. The highest BCUT2D eigenvalue weighted by atomic mass is 19.4. The number of nitrogens with two attached hydrogens (primary N) is 1. The summed E-state index contributed by atoms with van der Waals surface area (Å²) in [6, 6.07) is 0.148. The molecule has 0 radical (unpaired) electrons. The minimum Gasteiger partial charge on any atom is -0.461 e. The topological polar surface area (TPSA) is 80.4 Å². The number of rotatable bonds is 5. The molecule has 0 unspecified atom stereocenters. The molecule has 0 bridgehead atoms. The summed E-state index contributed by atoms with van der Waals surface area (Å²) < 4.78 is 95.2. The smallest absolute Gasteiger partial charge is 0.417 e. The first kappa shape index (κ1) is 29.8. The van der Waals surface area contributed by atoms with Crippen LogP contribution in [0.2, 0.25) is 0 Å². The maximum absolute atomic E-state index is 16.6. The Bertz CT molecular complexity index is 1790. The van der Waals surface area contributed by atoms with E-state index in [0.29, 0.717) is 6.54 Å². The number of nitrogen functional groups attached to an aromatic ring is 1. The fourth-order valence-electron chi connectivity index (χ4n) is 8.72. The van der Waals surface area contributed by atoms with Gasteiger partial charge in [-0.05, 0) is 69.0 Å². The van der Waals surface area contributed by atoms with E-state index in [9.17, 15) is 22.0 Å². The van der Waals surface area contributed by atoms with E-state index in [1.54, 1.807) is 4.90 Å². The van der Waals surface area contributed by atoms with Crippen molar-refractivity contribution >= 4 is 22.4 Å². The lowest BCUT2D eigenvalue weighted by atomic mass is 9.80. The van der Waals surface area contributed by atoms with Gasteiger partial charge >= 0.3 is 12.2 Å². The van der Waals surface area contributed by atoms with E-state index < -0.39 is 58.1 Å². The lowest BCUT2D eigenvalue weighted by molar-refractivity contribution is -0.137. The molecule has 5 fully saturated rings. The van der Waals surface area contributed by atoms with Crippen LogP contribution in [0.1, 0.15) is 56.1 Å². The third-order valence-corrected chi connectivity index (χ3v) is 11.3. The van der Waals surface area contributed by atoms with Crippen LogP contribution < -0.4 is 15.4 Å². The maximum Gasteiger partial charge on any atom is 0.417 e. The van der Waals surface area contributed by atoms with Crippen LogP contribution in [0.3, 0.4) is 0 Å². The van der Waals surface area contributed by atoms with Gasteiger partial charge in [-0.3, -0.25) is 9.88 Å². The second-order valence-corrected chi connectivity index (χ2v) is 13.8. The van der Waals surface area contributed by atoms with E-state index in [2.05, 4.69) is 21.4 Å². The Hall–Kier alpha value is -3.61. The first-order valence-electron chi connectivity index (χ1n) is 15.8. The van der Waals surface area contributed by atoms with Gasteiger partial charge < -0.3 is 15.4 Å². The molecule has 2 saturated carbocycles. The number of nitrogens with zero attached hydrogens (tertiary/aromatic N) is 5. The zero-order valence-corrected chi connectivity index (χ0v) is 25.4. The van der Waals surface area contributed by atoms with Crippen LogP contribution in [0.25, 0.3) is 22.2 Å². The molecule has 2 N–H and O–H groups in total. The lowest BCUT2D eigenvalue weighted by Crippen LogP contribution is -2.49. The fourth-order valence-corrected chi connectivity index (χ4v) is 8.72. The third-order valence-electron chi connectivity index (χ3n) is 11.3. The molecule has 5 heterocycles. The van der Waals surface area contributed by atoms with Crippen LogP contribution in [0.4, 0.5) is 37.8 Å². The summed E-state index contributed by atoms with van der Waals surface area (Å²) in [5.74, 6) is -2.34. The SMILES string of the molecule is C=C1CN2CCC3(CC3)[C@@]2(COc2nc(N3CCCC[C@H]4[C@H](F)[C@H]43)c3cnc(-c4cc(N)c(F)c(C)c4C(F)(F)F)c(F)c3n2)C1. The maximum atomic E-state index is 16.6. The van der Waals surface area contributed by atoms with E-state index in [4.69, 9.17) is 15.5 Å². The van der Waals surface area contributed by atoms with Gasteiger partial charge in [0.05, 0.1) is 28.2 Å². The third kappa shape index (κ3) is 4.25. The quantitative estimate of drug-likeness (QED) is 0.187. The molecular formula is C33H34F6N6O. The van der Waals surface area contributed by atoms with Crippen LogP contribution in [0, 0.1) is 29.9 Å². The van der Waals surface area contributed by atoms with E-state index in [-0.39, 0.29) is 46.2 Å². The van der Waals surface area contributed by atoms with Crippen molar-refractivity contribution in [2.75, 3.05) is 36.9 Å². The van der Waals surface area contributed by atoms with Crippen molar-refractivity contribution in [2.45, 2.75) is 75.8 Å². The van der Waals surface area contributed by atoms with Crippen LogP contribution >= 0.6 is 0 Å². The molecule has 3 aromatic rings. The minimum absolute atomic E-state index is 0.107. The summed E-state index contributed by atoms with van der Waals surface area (Å²) in [4.78, 5) is 17.4. The average molecular weight is 645 g/mol. The van der Waals surface area contributed by atoms with Gasteiger partial charge in [0.25, 0.3) is 0 Å². The molecule has 0 amide bonds. The number of halogens is 6. The molecule has 2 aromatic heterocycles. The Balaban J connectivity index is 1.27. The second-order valence-electron chi connectivity index (χ2n) is 13.8. The number of alkyl halides is 4. The zero-order valence-electron chi connectivity index (χ0n) is 25.4. The van der Waals surface area contributed by atoms with E-state index >= 15 is 4.39 Å². The van der Waals surface area contributed by atoms with Crippen molar-refractivity contribution < 1.29 is 31.1 Å². The number of ether oxygens (including phenoxy) is 1. The molecule has 4 atom stereocenters. The number of hydrogen-bond donors (Lipinski definition) is 1. The summed E-state index contributed by atoms with van der Waals surface area (Å²) in [6.45, 7) is 7.56. The molecule has 8 rings (SSSR count). The molecule has 7 nitrogen and oxygen atoms in total. The molecule has 3 aliphatic heterocycles. The molecular weight excluding hydrogens is 610 g/mol. The summed E-state index contributed by atoms with van der Waals surface area (Å²) >= 11 is 0. The lowest BCUT2D eigenvalue weighted by Gasteiger charge is -2.37. The van der Waals surface area contributed by atoms with Crippen molar-refractivity contribution in [3.05, 3.63) is 47.2 Å². The van der Waals surface area contributed by atoms with E-state index in [0.717, 1.165) is 76.6 Å². The van der Waals surface area contributed by atoms with Crippen molar-refractivity contribution in [1.82, 2.24) is 19.9 Å². The predicted octanol–water partition coefficient (Wildman–Crippen LogP) is 6.77. The second kappa shape index (κ2) is 9.95. The van der Waals surface area contributed by atoms with Gasteiger partial charge in [0.2, 0.25) is 0 Å². The monoisotopic (exact) mass is 644 g/mol. The Morgan fingerprint density at radius 1 is 1.11 bits per heavy atom. The van der Waals surface area contributed by atoms with Gasteiger partial charge in [0.1, 0.15) is 35.6 Å². The van der Waals surface area contributed by atoms with Gasteiger partial charge in [-0.25, -0.2) is 13.2 Å². The van der Waals surface area contributed by atoms with E-state index in [1.807, 2.05) is 0 Å². The minimum atomic E-state index is -5.03. The Morgan fingerprint density at radius 2 is 1.89 bits per heavy atom. The van der Waals surface area contributed by atoms with Crippen LogP contribution in [0.15, 0.2) is 24.4 Å². The Kier molecular flexibility index (Phi) is 6.44. The molecule has 244 valence electrons. The first-order valence-corrected chi connectivity index (χ1v) is 15.8. The number of aromatic nitrogens is 3. The van der Waals surface area contributed by atoms with Crippen LogP contribution in [0.5, 0.6) is 6.01 Å². The van der Waals surface area contributed by atoms with Gasteiger partial charge in [-0.1, -0.05) is 18.6 Å². The van der Waals surface area contributed by atoms with E-state index in [1.165, 1.54) is 6.20 Å². The Labute approximate surface area is 261 Å². The number of pyridine rings is 1. The molecule has 46 heavy (non-hydrogen) atoms. The molecule has 5 aliphatic rings. The Morgan fingerprint density at radius 3 is 2.63 bits per heavy atom. The summed E-state index contributed by atoms with van der Waals surface area (Å²) in [5.41, 5.74) is 2.25. The summed E-state index contributed by atoms with van der Waals surface area (Å²) in [6.07, 6.45) is 1.38. The molecule has 2 aliphatic carbocycles. The van der Waals surface area contributed by atoms with Gasteiger partial charge in [-0.15, -0.1) is 0 Å². The van der Waals surface area contributed by atoms with Crippen LogP contribution in [-0.4, -0.2) is 63.8 Å². The van der Waals surface area contributed by atoms with Crippen LogP contribution in [-0.2, 0) is 6.18 Å². The fraction of sp³-hybridized carbons (Fsp3) is 0.545. The molecule has 1 spiro atoms. The van der Waals surface area contributed by atoms with Crippen molar-refractivity contribution in [1.29, 1.82) is 0 Å².